The lowest BCUT2D eigenvalue weighted by atomic mass is 10.2. The zero-order chi connectivity index (χ0) is 13.8. The van der Waals surface area contributed by atoms with Crippen LogP contribution in [0, 0.1) is 11.3 Å². The molecular formula is C14H8Cl2N2O. The minimum atomic E-state index is -0.350. The Hall–Kier alpha value is -2.02. The standard InChI is InChI=1S/C14H8Cl2N2O/c15-11-4-2-1-3-10(11)14(19)18-13-6-5-9(8-17)7-12(13)16/h1-7H,(H,18,19). The van der Waals surface area contributed by atoms with Crippen LogP contribution in [0.2, 0.25) is 10.0 Å². The smallest absolute Gasteiger partial charge is 0.257 e. The molecule has 1 N–H and O–H groups in total. The second-order valence-electron chi connectivity index (χ2n) is 3.74. The number of rotatable bonds is 2. The van der Waals surface area contributed by atoms with E-state index in [9.17, 15) is 4.79 Å². The van der Waals surface area contributed by atoms with E-state index in [2.05, 4.69) is 5.32 Å². The number of amides is 1. The summed E-state index contributed by atoms with van der Waals surface area (Å²) in [5.74, 6) is -0.350. The number of halogens is 2. The highest BCUT2D eigenvalue weighted by Gasteiger charge is 2.11. The van der Waals surface area contributed by atoms with Gasteiger partial charge in [0.25, 0.3) is 5.91 Å². The van der Waals surface area contributed by atoms with Crippen LogP contribution in [0.4, 0.5) is 5.69 Å². The fourth-order valence-electron chi connectivity index (χ4n) is 1.52. The van der Waals surface area contributed by atoms with E-state index in [-0.39, 0.29) is 5.91 Å². The van der Waals surface area contributed by atoms with Gasteiger partial charge in [-0.3, -0.25) is 4.79 Å². The van der Waals surface area contributed by atoms with Crippen LogP contribution in [0.25, 0.3) is 0 Å². The Morgan fingerprint density at radius 1 is 1.11 bits per heavy atom. The van der Waals surface area contributed by atoms with Gasteiger partial charge in [0, 0.05) is 0 Å². The van der Waals surface area contributed by atoms with Crippen molar-refractivity contribution in [3.05, 3.63) is 63.6 Å². The van der Waals surface area contributed by atoms with Crippen molar-refractivity contribution in [2.24, 2.45) is 0 Å². The molecule has 0 aliphatic heterocycles. The average molecular weight is 291 g/mol. The van der Waals surface area contributed by atoms with Crippen LogP contribution < -0.4 is 5.32 Å². The molecule has 2 rings (SSSR count). The molecule has 5 heteroatoms. The number of hydrogen-bond acceptors (Lipinski definition) is 2. The third-order valence-electron chi connectivity index (χ3n) is 2.46. The summed E-state index contributed by atoms with van der Waals surface area (Å²) < 4.78 is 0. The Morgan fingerprint density at radius 2 is 1.84 bits per heavy atom. The quantitative estimate of drug-likeness (QED) is 0.905. The molecule has 2 aromatic carbocycles. The Balaban J connectivity index is 2.25. The molecule has 1 amide bonds. The van der Waals surface area contributed by atoms with Gasteiger partial charge in [0.15, 0.2) is 0 Å². The number of benzene rings is 2. The molecule has 2 aromatic rings. The lowest BCUT2D eigenvalue weighted by molar-refractivity contribution is 0.102. The Kier molecular flexibility index (Phi) is 4.06. The Morgan fingerprint density at radius 3 is 2.47 bits per heavy atom. The molecule has 0 saturated carbocycles. The molecule has 0 atom stereocenters. The van der Waals surface area contributed by atoms with Crippen molar-refractivity contribution in [1.29, 1.82) is 5.26 Å². The van der Waals surface area contributed by atoms with Gasteiger partial charge >= 0.3 is 0 Å². The first-order valence-electron chi connectivity index (χ1n) is 5.37. The third kappa shape index (κ3) is 3.05. The molecule has 0 aliphatic carbocycles. The van der Waals surface area contributed by atoms with Crippen molar-refractivity contribution in [3.8, 4) is 6.07 Å². The van der Waals surface area contributed by atoms with Crippen LogP contribution in [0.15, 0.2) is 42.5 Å². The molecular weight excluding hydrogens is 283 g/mol. The van der Waals surface area contributed by atoms with E-state index >= 15 is 0 Å². The third-order valence-corrected chi connectivity index (χ3v) is 3.11. The van der Waals surface area contributed by atoms with E-state index in [1.54, 1.807) is 36.4 Å². The topological polar surface area (TPSA) is 52.9 Å². The number of nitrogens with one attached hydrogen (secondary N) is 1. The number of carbonyl (C=O) groups is 1. The minimum absolute atomic E-state index is 0.305. The fourth-order valence-corrected chi connectivity index (χ4v) is 1.97. The van der Waals surface area contributed by atoms with Crippen LogP contribution >= 0.6 is 23.2 Å². The maximum absolute atomic E-state index is 12.0. The first-order chi connectivity index (χ1) is 9.11. The van der Waals surface area contributed by atoms with Crippen LogP contribution in [0.1, 0.15) is 15.9 Å². The first-order valence-corrected chi connectivity index (χ1v) is 6.13. The number of nitriles is 1. The van der Waals surface area contributed by atoms with Crippen LogP contribution in [-0.2, 0) is 0 Å². The monoisotopic (exact) mass is 290 g/mol. The molecule has 0 heterocycles. The van der Waals surface area contributed by atoms with Gasteiger partial charge in [-0.25, -0.2) is 0 Å². The van der Waals surface area contributed by atoms with Gasteiger partial charge in [-0.2, -0.15) is 5.26 Å². The van der Waals surface area contributed by atoms with Crippen molar-refractivity contribution in [2.75, 3.05) is 5.32 Å². The summed E-state index contributed by atoms with van der Waals surface area (Å²) in [6, 6.07) is 13.3. The van der Waals surface area contributed by atoms with Gasteiger partial charge in [0.1, 0.15) is 0 Å². The molecule has 0 saturated heterocycles. The summed E-state index contributed by atoms with van der Waals surface area (Å²) in [6.45, 7) is 0. The number of anilines is 1. The highest BCUT2D eigenvalue weighted by atomic mass is 35.5. The molecule has 0 spiro atoms. The van der Waals surface area contributed by atoms with E-state index in [4.69, 9.17) is 28.5 Å². The zero-order valence-corrected chi connectivity index (χ0v) is 11.2. The van der Waals surface area contributed by atoms with Gasteiger partial charge in [0.2, 0.25) is 0 Å². The lowest BCUT2D eigenvalue weighted by Crippen LogP contribution is -2.12. The molecule has 0 aromatic heterocycles. The van der Waals surface area contributed by atoms with Crippen molar-refractivity contribution >= 4 is 34.8 Å². The van der Waals surface area contributed by atoms with Gasteiger partial charge in [0.05, 0.1) is 32.9 Å². The first kappa shape index (κ1) is 13.4. The van der Waals surface area contributed by atoms with Gasteiger partial charge in [-0.15, -0.1) is 0 Å². The molecule has 94 valence electrons. The minimum Gasteiger partial charge on any atom is -0.321 e. The van der Waals surface area contributed by atoms with Gasteiger partial charge < -0.3 is 5.32 Å². The highest BCUT2D eigenvalue weighted by Crippen LogP contribution is 2.24. The zero-order valence-electron chi connectivity index (χ0n) is 9.65. The molecule has 0 bridgehead atoms. The summed E-state index contributed by atoms with van der Waals surface area (Å²) in [6.07, 6.45) is 0. The number of carbonyl (C=O) groups excluding carboxylic acids is 1. The summed E-state index contributed by atoms with van der Waals surface area (Å²) in [4.78, 5) is 12.0. The highest BCUT2D eigenvalue weighted by molar-refractivity contribution is 6.36. The van der Waals surface area contributed by atoms with Crippen molar-refractivity contribution in [2.45, 2.75) is 0 Å². The summed E-state index contributed by atoms with van der Waals surface area (Å²) >= 11 is 11.9. The van der Waals surface area contributed by atoms with E-state index in [1.165, 1.54) is 6.07 Å². The largest absolute Gasteiger partial charge is 0.321 e. The normalized spacial score (nSPS) is 9.74. The van der Waals surface area contributed by atoms with E-state index in [1.807, 2.05) is 6.07 Å². The van der Waals surface area contributed by atoms with Crippen molar-refractivity contribution < 1.29 is 4.79 Å². The SMILES string of the molecule is N#Cc1ccc(NC(=O)c2ccccc2Cl)c(Cl)c1. The van der Waals surface area contributed by atoms with Crippen LogP contribution in [-0.4, -0.2) is 5.91 Å². The average Bonchev–Trinajstić information content (AvgIpc) is 2.41. The van der Waals surface area contributed by atoms with Crippen LogP contribution in [0.5, 0.6) is 0 Å². The van der Waals surface area contributed by atoms with E-state index in [0.717, 1.165) is 0 Å². The van der Waals surface area contributed by atoms with Gasteiger partial charge in [-0.05, 0) is 30.3 Å². The predicted molar refractivity (Wildman–Crippen MR) is 75.6 cm³/mol. The van der Waals surface area contributed by atoms with Crippen molar-refractivity contribution in [3.63, 3.8) is 0 Å². The predicted octanol–water partition coefficient (Wildman–Crippen LogP) is 4.12. The molecule has 0 unspecified atom stereocenters. The summed E-state index contributed by atoms with van der Waals surface area (Å²) in [5, 5.41) is 12.1. The maximum Gasteiger partial charge on any atom is 0.257 e. The second kappa shape index (κ2) is 5.75. The van der Waals surface area contributed by atoms with Crippen molar-refractivity contribution in [1.82, 2.24) is 0 Å². The number of nitrogens with zero attached hydrogens (tertiary/aromatic N) is 1. The second-order valence-corrected chi connectivity index (χ2v) is 4.55. The molecule has 3 nitrogen and oxygen atoms in total. The van der Waals surface area contributed by atoms with Crippen LogP contribution in [0.3, 0.4) is 0 Å². The Labute approximate surface area is 120 Å². The molecule has 0 aliphatic rings. The summed E-state index contributed by atoms with van der Waals surface area (Å²) in [7, 11) is 0. The lowest BCUT2D eigenvalue weighted by Gasteiger charge is -2.08. The fraction of sp³-hybridized carbons (Fsp3) is 0. The molecule has 0 radical (unpaired) electrons. The van der Waals surface area contributed by atoms with E-state index < -0.39 is 0 Å². The molecule has 0 fully saturated rings. The van der Waals surface area contributed by atoms with Gasteiger partial charge in [-0.1, -0.05) is 35.3 Å². The Bertz CT molecular complexity index is 677. The van der Waals surface area contributed by atoms with E-state index in [0.29, 0.717) is 26.9 Å². The number of hydrogen-bond donors (Lipinski definition) is 1. The summed E-state index contributed by atoms with van der Waals surface area (Å²) in [5.41, 5.74) is 1.23. The molecule has 19 heavy (non-hydrogen) atoms. The maximum atomic E-state index is 12.0.